The Bertz CT molecular complexity index is 3340. The fourth-order valence-corrected chi connectivity index (χ4v) is 9.91. The third kappa shape index (κ3) is 5.27. The molecule has 0 saturated heterocycles. The molecule has 0 amide bonds. The molecule has 0 saturated carbocycles. The van der Waals surface area contributed by atoms with Gasteiger partial charge in [0.05, 0.1) is 0 Å². The van der Waals surface area contributed by atoms with E-state index in [0.717, 1.165) is 83.2 Å². The zero-order chi connectivity index (χ0) is 38.2. The molecule has 0 N–H and O–H groups in total. The minimum Gasteiger partial charge on any atom is -0.456 e. The average Bonchev–Trinajstić information content (AvgIpc) is 3.98. The van der Waals surface area contributed by atoms with E-state index in [4.69, 9.17) is 8.83 Å². The van der Waals surface area contributed by atoms with E-state index in [1.807, 2.05) is 35.6 Å². The molecule has 0 unspecified atom stereocenters. The van der Waals surface area contributed by atoms with E-state index in [2.05, 4.69) is 181 Å². The number of thiophene rings is 1. The van der Waals surface area contributed by atoms with Crippen molar-refractivity contribution in [2.45, 2.75) is 0 Å². The molecule has 0 aliphatic rings. The molecule has 0 radical (unpaired) electrons. The minimum absolute atomic E-state index is 0.898. The number of nitrogens with zero attached hydrogens (tertiary/aromatic N) is 1. The first-order valence-electron chi connectivity index (χ1n) is 19.6. The lowest BCUT2D eigenvalue weighted by molar-refractivity contribution is 0.668. The number of fused-ring (bicyclic) bond motifs is 9. The van der Waals surface area contributed by atoms with Crippen molar-refractivity contribution in [3.63, 3.8) is 0 Å². The van der Waals surface area contributed by atoms with Gasteiger partial charge >= 0.3 is 0 Å². The SMILES string of the molecule is c1ccc2c(c1)oc1cccc(-c3ccc(N(c4ccc(-c5ccc6c(c5)sc5ccccc56)cc4)c4ccc(-c5cccc6oc7ccccc7c56)cc4)cc3)c12. The lowest BCUT2D eigenvalue weighted by atomic mass is 9.98. The first-order valence-corrected chi connectivity index (χ1v) is 20.4. The Balaban J connectivity index is 0.951. The predicted octanol–water partition coefficient (Wildman–Crippen LogP) is 16.3. The number of furan rings is 2. The van der Waals surface area contributed by atoms with Crippen LogP contribution in [0.1, 0.15) is 0 Å². The Kier molecular flexibility index (Phi) is 7.40. The van der Waals surface area contributed by atoms with E-state index < -0.39 is 0 Å². The number of para-hydroxylation sites is 2. The summed E-state index contributed by atoms with van der Waals surface area (Å²) in [6.45, 7) is 0. The van der Waals surface area contributed by atoms with E-state index >= 15 is 0 Å². The molecule has 272 valence electrons. The third-order valence-electron chi connectivity index (χ3n) is 11.5. The molecular formula is C54H33NO2S. The zero-order valence-electron chi connectivity index (χ0n) is 31.2. The first kappa shape index (κ1) is 32.8. The number of rotatable bonds is 6. The largest absolute Gasteiger partial charge is 0.456 e. The van der Waals surface area contributed by atoms with Crippen molar-refractivity contribution in [2.24, 2.45) is 0 Å². The standard InChI is InChI=1S/C54H33NO2S/c1-4-14-47-45(10-1)53-41(12-7-16-49(53)56-47)35-21-28-39(29-22-35)55(38-26-19-34(20-27-38)37-25-32-44-43-9-3-6-18-51(43)58-52(44)33-37)40-30-23-36(24-31-40)42-13-8-17-50-54(42)46-11-2-5-15-48(46)57-50/h1-33H. The Morgan fingerprint density at radius 2 is 0.741 bits per heavy atom. The smallest absolute Gasteiger partial charge is 0.136 e. The van der Waals surface area contributed by atoms with E-state index in [1.165, 1.54) is 31.3 Å². The second-order valence-electron chi connectivity index (χ2n) is 14.8. The second kappa shape index (κ2) is 13.1. The van der Waals surface area contributed by atoms with Crippen LogP contribution in [0.25, 0.3) is 97.4 Å². The minimum atomic E-state index is 0.898. The van der Waals surface area contributed by atoms with Crippen LogP contribution < -0.4 is 4.90 Å². The predicted molar refractivity (Wildman–Crippen MR) is 245 cm³/mol. The van der Waals surface area contributed by atoms with Crippen LogP contribution in [0.5, 0.6) is 0 Å². The van der Waals surface area contributed by atoms with Gasteiger partial charge in [0.25, 0.3) is 0 Å². The van der Waals surface area contributed by atoms with Crippen LogP contribution in [0.15, 0.2) is 209 Å². The van der Waals surface area contributed by atoms with Gasteiger partial charge in [-0.1, -0.05) is 127 Å². The Hall–Kier alpha value is -7.40. The van der Waals surface area contributed by atoms with Crippen LogP contribution in [0.2, 0.25) is 0 Å². The fraction of sp³-hybridized carbons (Fsp3) is 0. The van der Waals surface area contributed by atoms with Gasteiger partial charge in [-0.05, 0) is 106 Å². The summed E-state index contributed by atoms with van der Waals surface area (Å²) < 4.78 is 15.1. The van der Waals surface area contributed by atoms with Gasteiger partial charge < -0.3 is 13.7 Å². The van der Waals surface area contributed by atoms with Crippen LogP contribution in [0.3, 0.4) is 0 Å². The van der Waals surface area contributed by atoms with Crippen molar-refractivity contribution in [1.82, 2.24) is 0 Å². The summed E-state index contributed by atoms with van der Waals surface area (Å²) in [4.78, 5) is 2.34. The molecule has 9 aromatic carbocycles. The number of benzene rings is 9. The summed E-state index contributed by atoms with van der Waals surface area (Å²) in [5, 5.41) is 7.18. The Morgan fingerprint density at radius 1 is 0.310 bits per heavy atom. The molecule has 0 fully saturated rings. The van der Waals surface area contributed by atoms with Gasteiger partial charge in [0.15, 0.2) is 0 Å². The molecule has 3 heterocycles. The lowest BCUT2D eigenvalue weighted by Gasteiger charge is -2.26. The van der Waals surface area contributed by atoms with Crippen molar-refractivity contribution < 1.29 is 8.83 Å². The zero-order valence-corrected chi connectivity index (χ0v) is 32.0. The number of anilines is 3. The van der Waals surface area contributed by atoms with Crippen LogP contribution in [-0.4, -0.2) is 0 Å². The second-order valence-corrected chi connectivity index (χ2v) is 15.9. The average molecular weight is 760 g/mol. The van der Waals surface area contributed by atoms with Crippen molar-refractivity contribution in [2.75, 3.05) is 4.90 Å². The molecule has 12 rings (SSSR count). The maximum absolute atomic E-state index is 6.24. The monoisotopic (exact) mass is 759 g/mol. The van der Waals surface area contributed by atoms with Crippen molar-refractivity contribution in [3.8, 4) is 33.4 Å². The highest BCUT2D eigenvalue weighted by Crippen LogP contribution is 2.43. The molecule has 0 atom stereocenters. The lowest BCUT2D eigenvalue weighted by Crippen LogP contribution is -2.09. The van der Waals surface area contributed by atoms with Crippen molar-refractivity contribution in [3.05, 3.63) is 200 Å². The van der Waals surface area contributed by atoms with E-state index in [0.29, 0.717) is 0 Å². The summed E-state index contributed by atoms with van der Waals surface area (Å²) in [5.41, 5.74) is 13.8. The van der Waals surface area contributed by atoms with Gasteiger partial charge in [-0.3, -0.25) is 0 Å². The van der Waals surface area contributed by atoms with E-state index in [1.54, 1.807) is 0 Å². The summed E-state index contributed by atoms with van der Waals surface area (Å²) >= 11 is 1.86. The molecular weight excluding hydrogens is 727 g/mol. The number of hydrogen-bond donors (Lipinski definition) is 0. The summed E-state index contributed by atoms with van der Waals surface area (Å²) in [7, 11) is 0. The topological polar surface area (TPSA) is 29.5 Å². The maximum Gasteiger partial charge on any atom is 0.136 e. The normalized spacial score (nSPS) is 11.8. The van der Waals surface area contributed by atoms with Gasteiger partial charge in [0.2, 0.25) is 0 Å². The molecule has 0 aliphatic carbocycles. The molecule has 3 aromatic heterocycles. The molecule has 0 bridgehead atoms. The summed E-state index contributed by atoms with van der Waals surface area (Å²) in [6.07, 6.45) is 0. The Labute approximate surface area is 338 Å². The molecule has 3 nitrogen and oxygen atoms in total. The molecule has 4 heteroatoms. The molecule has 0 spiro atoms. The molecule has 12 aromatic rings. The van der Waals surface area contributed by atoms with Crippen LogP contribution >= 0.6 is 11.3 Å². The first-order chi connectivity index (χ1) is 28.7. The maximum atomic E-state index is 6.24. The van der Waals surface area contributed by atoms with Crippen LogP contribution in [0.4, 0.5) is 17.1 Å². The Morgan fingerprint density at radius 3 is 1.29 bits per heavy atom. The third-order valence-corrected chi connectivity index (χ3v) is 12.6. The van der Waals surface area contributed by atoms with Crippen LogP contribution in [-0.2, 0) is 0 Å². The van der Waals surface area contributed by atoms with Gasteiger partial charge in [0, 0.05) is 58.8 Å². The van der Waals surface area contributed by atoms with Gasteiger partial charge in [-0.15, -0.1) is 11.3 Å². The van der Waals surface area contributed by atoms with Gasteiger partial charge in [-0.2, -0.15) is 0 Å². The summed E-state index contributed by atoms with van der Waals surface area (Å²) in [6, 6.07) is 71.5. The van der Waals surface area contributed by atoms with Crippen molar-refractivity contribution >= 4 is 92.4 Å². The highest BCUT2D eigenvalue weighted by Gasteiger charge is 2.18. The molecule has 0 aliphatic heterocycles. The highest BCUT2D eigenvalue weighted by molar-refractivity contribution is 7.25. The molecule has 58 heavy (non-hydrogen) atoms. The van der Waals surface area contributed by atoms with Crippen molar-refractivity contribution in [1.29, 1.82) is 0 Å². The highest BCUT2D eigenvalue weighted by atomic mass is 32.1. The van der Waals surface area contributed by atoms with E-state index in [9.17, 15) is 0 Å². The van der Waals surface area contributed by atoms with Gasteiger partial charge in [0.1, 0.15) is 22.3 Å². The quantitative estimate of drug-likeness (QED) is 0.169. The van der Waals surface area contributed by atoms with Crippen LogP contribution in [0, 0.1) is 0 Å². The fourth-order valence-electron chi connectivity index (χ4n) is 8.77. The number of hydrogen-bond acceptors (Lipinski definition) is 4. The van der Waals surface area contributed by atoms with Gasteiger partial charge in [-0.25, -0.2) is 0 Å². The summed E-state index contributed by atoms with van der Waals surface area (Å²) in [5.74, 6) is 0. The van der Waals surface area contributed by atoms with E-state index in [-0.39, 0.29) is 0 Å².